The van der Waals surface area contributed by atoms with E-state index >= 15 is 0 Å². The fraction of sp³-hybridized carbons (Fsp3) is 0.300. The van der Waals surface area contributed by atoms with Crippen LogP contribution in [-0.2, 0) is 7.05 Å². The Morgan fingerprint density at radius 1 is 1.47 bits per heavy atom. The number of fused-ring (bicyclic) bond motifs is 1. The molecule has 0 aliphatic heterocycles. The normalized spacial score (nSPS) is 10.6. The van der Waals surface area contributed by atoms with E-state index in [4.69, 9.17) is 0 Å². The molecule has 15 heavy (non-hydrogen) atoms. The second-order valence-electron chi connectivity index (χ2n) is 3.38. The van der Waals surface area contributed by atoms with Crippen molar-refractivity contribution >= 4 is 16.9 Å². The van der Waals surface area contributed by atoms with E-state index in [1.165, 1.54) is 0 Å². The molecule has 0 saturated heterocycles. The first-order valence-electron chi connectivity index (χ1n) is 4.65. The van der Waals surface area contributed by atoms with Gasteiger partial charge < -0.3 is 9.88 Å². The third-order valence-corrected chi connectivity index (χ3v) is 2.35. The Bertz CT molecular complexity index is 529. The molecule has 0 aromatic carbocycles. The molecule has 0 aliphatic carbocycles. The molecule has 2 rings (SSSR count). The molecule has 5 heteroatoms. The lowest BCUT2D eigenvalue weighted by molar-refractivity contribution is 0.0953. The first-order valence-corrected chi connectivity index (χ1v) is 4.65. The van der Waals surface area contributed by atoms with E-state index in [1.807, 2.05) is 30.8 Å². The maximum Gasteiger partial charge on any atom is 0.288 e. The molecule has 2 aromatic rings. The second kappa shape index (κ2) is 3.34. The van der Waals surface area contributed by atoms with Gasteiger partial charge in [0.2, 0.25) is 5.82 Å². The zero-order valence-corrected chi connectivity index (χ0v) is 8.90. The molecule has 0 atom stereocenters. The summed E-state index contributed by atoms with van der Waals surface area (Å²) in [6, 6.07) is 1.94. The van der Waals surface area contributed by atoms with Crippen molar-refractivity contribution < 1.29 is 4.79 Å². The van der Waals surface area contributed by atoms with Crippen molar-refractivity contribution in [1.29, 1.82) is 0 Å². The summed E-state index contributed by atoms with van der Waals surface area (Å²) in [7, 11) is 3.46. The van der Waals surface area contributed by atoms with E-state index in [9.17, 15) is 4.79 Å². The maximum atomic E-state index is 11.4. The van der Waals surface area contributed by atoms with Gasteiger partial charge in [-0.15, -0.1) is 0 Å². The van der Waals surface area contributed by atoms with Gasteiger partial charge in [-0.2, -0.15) is 0 Å². The Morgan fingerprint density at radius 3 is 2.87 bits per heavy atom. The zero-order valence-electron chi connectivity index (χ0n) is 8.90. The minimum atomic E-state index is -0.263. The Balaban J connectivity index is 2.70. The van der Waals surface area contributed by atoms with Crippen molar-refractivity contribution in [2.45, 2.75) is 6.92 Å². The number of rotatable bonds is 1. The molecule has 0 unspecified atom stereocenters. The molecule has 1 amide bonds. The Morgan fingerprint density at radius 2 is 2.20 bits per heavy atom. The van der Waals surface area contributed by atoms with Gasteiger partial charge in [-0.3, -0.25) is 4.79 Å². The van der Waals surface area contributed by atoms with E-state index in [1.54, 1.807) is 7.05 Å². The monoisotopic (exact) mass is 204 g/mol. The molecule has 2 aromatic heterocycles. The lowest BCUT2D eigenvalue weighted by Crippen LogP contribution is -2.21. The van der Waals surface area contributed by atoms with Crippen molar-refractivity contribution in [3.8, 4) is 0 Å². The van der Waals surface area contributed by atoms with Crippen molar-refractivity contribution in [3.63, 3.8) is 0 Å². The highest BCUT2D eigenvalue weighted by Crippen LogP contribution is 2.15. The van der Waals surface area contributed by atoms with Crippen LogP contribution in [0.1, 0.15) is 16.3 Å². The minimum absolute atomic E-state index is 0.212. The summed E-state index contributed by atoms with van der Waals surface area (Å²) in [5.41, 5.74) is 1.60. The molecule has 0 bridgehead atoms. The summed E-state index contributed by atoms with van der Waals surface area (Å²) in [6.45, 7) is 1.87. The average molecular weight is 204 g/mol. The number of nitrogens with zero attached hydrogens (tertiary/aromatic N) is 3. The predicted octanol–water partition coefficient (Wildman–Crippen LogP) is 0.636. The number of aromatic nitrogens is 3. The predicted molar refractivity (Wildman–Crippen MR) is 56.6 cm³/mol. The zero-order chi connectivity index (χ0) is 11.0. The molecule has 2 heterocycles. The van der Waals surface area contributed by atoms with Crippen LogP contribution in [0.4, 0.5) is 0 Å². The number of nitrogens with one attached hydrogen (secondary N) is 1. The van der Waals surface area contributed by atoms with Crippen molar-refractivity contribution in [1.82, 2.24) is 19.9 Å². The third-order valence-electron chi connectivity index (χ3n) is 2.35. The standard InChI is InChI=1S/C10H12N4O/c1-6-7-4-5-14(3)9(7)13-8(12-6)10(15)11-2/h4-5H,1-3H3,(H,11,15). The van der Waals surface area contributed by atoms with Crippen LogP contribution in [0.15, 0.2) is 12.3 Å². The maximum absolute atomic E-state index is 11.4. The third kappa shape index (κ3) is 1.45. The number of hydrogen-bond acceptors (Lipinski definition) is 3. The van der Waals surface area contributed by atoms with Crippen LogP contribution in [0.3, 0.4) is 0 Å². The summed E-state index contributed by atoms with van der Waals surface area (Å²) in [5, 5.41) is 3.49. The van der Waals surface area contributed by atoms with Crippen LogP contribution < -0.4 is 5.32 Å². The van der Waals surface area contributed by atoms with Crippen LogP contribution in [0.25, 0.3) is 11.0 Å². The van der Waals surface area contributed by atoms with Gasteiger partial charge in [0.05, 0.1) is 5.69 Å². The molecule has 5 nitrogen and oxygen atoms in total. The second-order valence-corrected chi connectivity index (χ2v) is 3.38. The lowest BCUT2D eigenvalue weighted by atomic mass is 10.3. The Kier molecular flexibility index (Phi) is 2.15. The SMILES string of the molecule is CNC(=O)c1nc(C)c2ccn(C)c2n1. The molecular weight excluding hydrogens is 192 g/mol. The van der Waals surface area contributed by atoms with E-state index in [2.05, 4.69) is 15.3 Å². The summed E-state index contributed by atoms with van der Waals surface area (Å²) >= 11 is 0. The van der Waals surface area contributed by atoms with Gasteiger partial charge in [0.15, 0.2) is 0 Å². The largest absolute Gasteiger partial charge is 0.352 e. The lowest BCUT2D eigenvalue weighted by Gasteiger charge is -2.02. The van der Waals surface area contributed by atoms with Gasteiger partial charge >= 0.3 is 0 Å². The first kappa shape index (κ1) is 9.64. The van der Waals surface area contributed by atoms with Gasteiger partial charge in [-0.25, -0.2) is 9.97 Å². The summed E-state index contributed by atoms with van der Waals surface area (Å²) in [5.74, 6) is -0.0505. The van der Waals surface area contributed by atoms with Crippen molar-refractivity contribution in [2.24, 2.45) is 7.05 Å². The molecule has 1 N–H and O–H groups in total. The first-order chi connectivity index (χ1) is 7.13. The average Bonchev–Trinajstić information content (AvgIpc) is 2.60. The number of hydrogen-bond donors (Lipinski definition) is 1. The van der Waals surface area contributed by atoms with Crippen LogP contribution >= 0.6 is 0 Å². The van der Waals surface area contributed by atoms with Gasteiger partial charge in [-0.1, -0.05) is 0 Å². The summed E-state index contributed by atoms with van der Waals surface area (Å²) in [4.78, 5) is 19.8. The molecule has 78 valence electrons. The van der Waals surface area contributed by atoms with E-state index in [-0.39, 0.29) is 11.7 Å². The highest BCUT2D eigenvalue weighted by molar-refractivity contribution is 5.92. The van der Waals surface area contributed by atoms with E-state index < -0.39 is 0 Å². The molecular formula is C10H12N4O. The highest BCUT2D eigenvalue weighted by Gasteiger charge is 2.11. The van der Waals surface area contributed by atoms with Crippen LogP contribution in [0.5, 0.6) is 0 Å². The summed E-state index contributed by atoms with van der Waals surface area (Å²) < 4.78 is 1.87. The molecule has 0 saturated carbocycles. The molecule has 0 aliphatic rings. The Labute approximate surface area is 87.1 Å². The smallest absolute Gasteiger partial charge is 0.288 e. The van der Waals surface area contributed by atoms with Crippen LogP contribution in [-0.4, -0.2) is 27.5 Å². The van der Waals surface area contributed by atoms with Gasteiger partial charge in [-0.05, 0) is 13.0 Å². The number of carbonyl (C=O) groups is 1. The van der Waals surface area contributed by atoms with Crippen molar-refractivity contribution in [2.75, 3.05) is 7.05 Å². The molecule has 0 radical (unpaired) electrons. The molecule has 0 fully saturated rings. The van der Waals surface area contributed by atoms with Gasteiger partial charge in [0.25, 0.3) is 5.91 Å². The quantitative estimate of drug-likeness (QED) is 0.741. The van der Waals surface area contributed by atoms with Crippen LogP contribution in [0.2, 0.25) is 0 Å². The Hall–Kier alpha value is -1.91. The summed E-state index contributed by atoms with van der Waals surface area (Å²) in [6.07, 6.45) is 1.90. The van der Waals surface area contributed by atoms with Gasteiger partial charge in [0, 0.05) is 25.7 Å². The number of aryl methyl sites for hydroxylation is 2. The van der Waals surface area contributed by atoms with Crippen LogP contribution in [0, 0.1) is 6.92 Å². The fourth-order valence-corrected chi connectivity index (χ4v) is 1.50. The molecule has 0 spiro atoms. The van der Waals surface area contributed by atoms with Gasteiger partial charge in [0.1, 0.15) is 5.65 Å². The highest BCUT2D eigenvalue weighted by atomic mass is 16.2. The minimum Gasteiger partial charge on any atom is -0.352 e. The number of amides is 1. The van der Waals surface area contributed by atoms with E-state index in [0.29, 0.717) is 0 Å². The topological polar surface area (TPSA) is 59.8 Å². The number of carbonyl (C=O) groups excluding carboxylic acids is 1. The van der Waals surface area contributed by atoms with E-state index in [0.717, 1.165) is 16.7 Å². The fourth-order valence-electron chi connectivity index (χ4n) is 1.50. The van der Waals surface area contributed by atoms with Crippen molar-refractivity contribution in [3.05, 3.63) is 23.8 Å².